The van der Waals surface area contributed by atoms with E-state index in [0.717, 1.165) is 6.42 Å². The summed E-state index contributed by atoms with van der Waals surface area (Å²) in [4.78, 5) is 0. The highest BCUT2D eigenvalue weighted by atomic mass is 16.3. The van der Waals surface area contributed by atoms with E-state index in [-0.39, 0.29) is 5.41 Å². The molecule has 82 valence electrons. The van der Waals surface area contributed by atoms with Gasteiger partial charge in [-0.1, -0.05) is 42.5 Å². The molecule has 0 amide bonds. The van der Waals surface area contributed by atoms with Gasteiger partial charge in [-0.05, 0) is 41.0 Å². The van der Waals surface area contributed by atoms with Gasteiger partial charge in [0.1, 0.15) is 0 Å². The van der Waals surface area contributed by atoms with Gasteiger partial charge >= 0.3 is 0 Å². The summed E-state index contributed by atoms with van der Waals surface area (Å²) in [5.41, 5.74) is 1.58. The summed E-state index contributed by atoms with van der Waals surface area (Å²) < 4.78 is 0. The van der Waals surface area contributed by atoms with Gasteiger partial charge in [0.05, 0.1) is 0 Å². The van der Waals surface area contributed by atoms with E-state index in [1.807, 2.05) is 0 Å². The summed E-state index contributed by atoms with van der Waals surface area (Å²) in [6, 6.07) is 14.9. The third-order valence-corrected chi connectivity index (χ3v) is 3.74. The van der Waals surface area contributed by atoms with Crippen LogP contribution in [0.15, 0.2) is 42.5 Å². The van der Waals surface area contributed by atoms with Crippen LogP contribution in [-0.2, 0) is 6.42 Å². The highest BCUT2D eigenvalue weighted by molar-refractivity contribution is 5.85. The van der Waals surface area contributed by atoms with Gasteiger partial charge in [0.25, 0.3) is 0 Å². The van der Waals surface area contributed by atoms with Crippen LogP contribution in [0.4, 0.5) is 0 Å². The Morgan fingerprint density at radius 3 is 2.50 bits per heavy atom. The molecule has 16 heavy (non-hydrogen) atoms. The SMILES string of the molecule is OCC1(Cc2cccc3ccccc23)CC1. The summed E-state index contributed by atoms with van der Waals surface area (Å²) in [6.07, 6.45) is 3.37. The van der Waals surface area contributed by atoms with Crippen LogP contribution in [0.1, 0.15) is 18.4 Å². The highest BCUT2D eigenvalue weighted by Gasteiger charge is 2.41. The maximum Gasteiger partial charge on any atom is 0.0490 e. The average Bonchev–Trinajstić information content (AvgIpc) is 3.10. The van der Waals surface area contributed by atoms with Crippen LogP contribution < -0.4 is 0 Å². The second-order valence-electron chi connectivity index (χ2n) is 4.97. The Bertz CT molecular complexity index is 506. The van der Waals surface area contributed by atoms with E-state index in [1.165, 1.54) is 29.2 Å². The molecule has 0 unspecified atom stereocenters. The Hall–Kier alpha value is -1.34. The van der Waals surface area contributed by atoms with Crippen molar-refractivity contribution in [1.29, 1.82) is 0 Å². The van der Waals surface area contributed by atoms with Crippen LogP contribution in [0, 0.1) is 5.41 Å². The van der Waals surface area contributed by atoms with Gasteiger partial charge in [-0.15, -0.1) is 0 Å². The molecule has 1 aliphatic carbocycles. The predicted molar refractivity (Wildman–Crippen MR) is 66.4 cm³/mol. The van der Waals surface area contributed by atoms with Gasteiger partial charge in [-0.25, -0.2) is 0 Å². The van der Waals surface area contributed by atoms with Crippen LogP contribution in [0.2, 0.25) is 0 Å². The van der Waals surface area contributed by atoms with Gasteiger partial charge in [0, 0.05) is 6.61 Å². The number of benzene rings is 2. The Labute approximate surface area is 95.7 Å². The first-order chi connectivity index (χ1) is 7.83. The zero-order chi connectivity index (χ0) is 11.0. The quantitative estimate of drug-likeness (QED) is 0.828. The summed E-state index contributed by atoms with van der Waals surface area (Å²) in [7, 11) is 0. The van der Waals surface area contributed by atoms with Crippen molar-refractivity contribution < 1.29 is 5.11 Å². The van der Waals surface area contributed by atoms with Crippen LogP contribution in [0.3, 0.4) is 0 Å². The number of aliphatic hydroxyl groups is 1. The minimum Gasteiger partial charge on any atom is -0.396 e. The fourth-order valence-electron chi connectivity index (χ4n) is 2.42. The van der Waals surface area contributed by atoms with Crippen molar-refractivity contribution in [3.63, 3.8) is 0 Å². The molecule has 1 N–H and O–H groups in total. The smallest absolute Gasteiger partial charge is 0.0490 e. The molecule has 0 aromatic heterocycles. The first-order valence-corrected chi connectivity index (χ1v) is 5.91. The van der Waals surface area contributed by atoms with Gasteiger partial charge < -0.3 is 5.11 Å². The summed E-state index contributed by atoms with van der Waals surface area (Å²) in [5.74, 6) is 0. The second kappa shape index (κ2) is 3.60. The molecular weight excluding hydrogens is 196 g/mol. The standard InChI is InChI=1S/C15H16O/c16-11-15(8-9-15)10-13-6-3-5-12-4-1-2-7-14(12)13/h1-7,16H,8-11H2. The first-order valence-electron chi connectivity index (χ1n) is 5.91. The molecule has 1 fully saturated rings. The zero-order valence-electron chi connectivity index (χ0n) is 9.32. The molecule has 0 aliphatic heterocycles. The molecule has 0 atom stereocenters. The number of fused-ring (bicyclic) bond motifs is 1. The Kier molecular flexibility index (Phi) is 2.22. The second-order valence-corrected chi connectivity index (χ2v) is 4.97. The summed E-state index contributed by atoms with van der Waals surface area (Å²) in [5, 5.41) is 12.0. The molecule has 0 saturated heterocycles. The average molecular weight is 212 g/mol. The molecule has 0 heterocycles. The topological polar surface area (TPSA) is 20.2 Å². The lowest BCUT2D eigenvalue weighted by Crippen LogP contribution is -2.10. The molecular formula is C15H16O. The molecule has 1 nitrogen and oxygen atoms in total. The molecule has 1 aliphatic rings. The van der Waals surface area contributed by atoms with Crippen molar-refractivity contribution in [3.05, 3.63) is 48.0 Å². The minimum atomic E-state index is 0.199. The lowest BCUT2D eigenvalue weighted by Gasteiger charge is -2.13. The molecule has 0 bridgehead atoms. The van der Waals surface area contributed by atoms with Crippen molar-refractivity contribution in [2.45, 2.75) is 19.3 Å². The van der Waals surface area contributed by atoms with E-state index in [4.69, 9.17) is 0 Å². The maximum absolute atomic E-state index is 9.39. The molecule has 1 saturated carbocycles. The summed E-state index contributed by atoms with van der Waals surface area (Å²) >= 11 is 0. The van der Waals surface area contributed by atoms with Gasteiger partial charge in [-0.2, -0.15) is 0 Å². The zero-order valence-corrected chi connectivity index (χ0v) is 9.32. The van der Waals surface area contributed by atoms with E-state index in [2.05, 4.69) is 42.5 Å². The molecule has 2 aromatic carbocycles. The number of aliphatic hydroxyl groups excluding tert-OH is 1. The minimum absolute atomic E-state index is 0.199. The van der Waals surface area contributed by atoms with Crippen molar-refractivity contribution in [1.82, 2.24) is 0 Å². The fourth-order valence-corrected chi connectivity index (χ4v) is 2.42. The molecule has 3 rings (SSSR count). The lowest BCUT2D eigenvalue weighted by atomic mass is 9.93. The Morgan fingerprint density at radius 1 is 1.00 bits per heavy atom. The normalized spacial score (nSPS) is 17.6. The van der Waals surface area contributed by atoms with Crippen LogP contribution in [0.5, 0.6) is 0 Å². The number of hydrogen-bond donors (Lipinski definition) is 1. The monoisotopic (exact) mass is 212 g/mol. The molecule has 1 heteroatoms. The molecule has 0 radical (unpaired) electrons. The van der Waals surface area contributed by atoms with Crippen LogP contribution >= 0.6 is 0 Å². The van der Waals surface area contributed by atoms with E-state index < -0.39 is 0 Å². The largest absolute Gasteiger partial charge is 0.396 e. The lowest BCUT2D eigenvalue weighted by molar-refractivity contribution is 0.211. The maximum atomic E-state index is 9.39. The third kappa shape index (κ3) is 1.61. The highest BCUT2D eigenvalue weighted by Crippen LogP contribution is 2.48. The molecule has 2 aromatic rings. The van der Waals surface area contributed by atoms with Gasteiger partial charge in [-0.3, -0.25) is 0 Å². The van der Waals surface area contributed by atoms with Crippen LogP contribution in [-0.4, -0.2) is 11.7 Å². The van der Waals surface area contributed by atoms with Gasteiger partial charge in [0.2, 0.25) is 0 Å². The van der Waals surface area contributed by atoms with Crippen molar-refractivity contribution in [2.24, 2.45) is 5.41 Å². The van der Waals surface area contributed by atoms with E-state index >= 15 is 0 Å². The first kappa shape index (κ1) is 9.86. The van der Waals surface area contributed by atoms with E-state index in [0.29, 0.717) is 6.61 Å². The van der Waals surface area contributed by atoms with Crippen LogP contribution in [0.25, 0.3) is 10.8 Å². The van der Waals surface area contributed by atoms with Gasteiger partial charge in [0.15, 0.2) is 0 Å². The van der Waals surface area contributed by atoms with E-state index in [1.54, 1.807) is 0 Å². The number of rotatable bonds is 3. The van der Waals surface area contributed by atoms with Crippen molar-refractivity contribution in [2.75, 3.05) is 6.61 Å². The van der Waals surface area contributed by atoms with Crippen molar-refractivity contribution >= 4 is 10.8 Å². The Morgan fingerprint density at radius 2 is 1.75 bits per heavy atom. The summed E-state index contributed by atoms with van der Waals surface area (Å²) in [6.45, 7) is 0.330. The third-order valence-electron chi connectivity index (χ3n) is 3.74. The number of hydrogen-bond acceptors (Lipinski definition) is 1. The van der Waals surface area contributed by atoms with E-state index in [9.17, 15) is 5.11 Å². The Balaban J connectivity index is 2.03. The predicted octanol–water partition coefficient (Wildman–Crippen LogP) is 3.15. The fraction of sp³-hybridized carbons (Fsp3) is 0.333. The van der Waals surface area contributed by atoms with Crippen molar-refractivity contribution in [3.8, 4) is 0 Å². The molecule has 0 spiro atoms.